The molecule has 2 nitrogen and oxygen atoms in total. The number of pyridine rings is 1. The Balaban J connectivity index is 2.21. The van der Waals surface area contributed by atoms with Crippen molar-refractivity contribution in [2.75, 3.05) is 5.32 Å². The Hall–Kier alpha value is -1.42. The molecule has 0 amide bonds. The van der Waals surface area contributed by atoms with Crippen molar-refractivity contribution in [1.82, 2.24) is 4.98 Å². The number of nitrogens with zero attached hydrogens (tertiary/aromatic N) is 1. The number of rotatable bonds is 3. The summed E-state index contributed by atoms with van der Waals surface area (Å²) in [6, 6.07) is 7.56. The number of hydrogen-bond acceptors (Lipinski definition) is 2. The predicted molar refractivity (Wildman–Crippen MR) is 75.1 cm³/mol. The molecular weight excluding hydrogens is 295 g/mol. The standard InChI is InChI=1S/C14H14BrFN2/c1-9-3-4-13(15)14(5-9)18-10(2)11-6-12(16)8-17-7-11/h3-8,10,18H,1-2H3. The number of anilines is 1. The first-order valence-electron chi connectivity index (χ1n) is 5.69. The van der Waals surface area contributed by atoms with Gasteiger partial charge in [0.05, 0.1) is 12.2 Å². The summed E-state index contributed by atoms with van der Waals surface area (Å²) in [5.74, 6) is -0.315. The van der Waals surface area contributed by atoms with Crippen LogP contribution in [-0.2, 0) is 0 Å². The largest absolute Gasteiger partial charge is 0.378 e. The van der Waals surface area contributed by atoms with Crippen molar-refractivity contribution in [3.8, 4) is 0 Å². The zero-order valence-electron chi connectivity index (χ0n) is 10.2. The van der Waals surface area contributed by atoms with Crippen LogP contribution < -0.4 is 5.32 Å². The fraction of sp³-hybridized carbons (Fsp3) is 0.214. The zero-order chi connectivity index (χ0) is 13.1. The third kappa shape index (κ3) is 3.07. The summed E-state index contributed by atoms with van der Waals surface area (Å²) in [6.07, 6.45) is 2.88. The van der Waals surface area contributed by atoms with Crippen molar-refractivity contribution in [3.63, 3.8) is 0 Å². The van der Waals surface area contributed by atoms with Crippen LogP contribution in [0.5, 0.6) is 0 Å². The first kappa shape index (κ1) is 13.0. The molecule has 0 aliphatic carbocycles. The lowest BCUT2D eigenvalue weighted by molar-refractivity contribution is 0.616. The Bertz CT molecular complexity index is 557. The minimum Gasteiger partial charge on any atom is -0.378 e. The fourth-order valence-electron chi connectivity index (χ4n) is 1.73. The van der Waals surface area contributed by atoms with Crippen LogP contribution in [0.4, 0.5) is 10.1 Å². The van der Waals surface area contributed by atoms with Gasteiger partial charge in [-0.15, -0.1) is 0 Å². The first-order valence-corrected chi connectivity index (χ1v) is 6.48. The van der Waals surface area contributed by atoms with Gasteiger partial charge in [-0.2, -0.15) is 0 Å². The highest BCUT2D eigenvalue weighted by Gasteiger charge is 2.08. The van der Waals surface area contributed by atoms with E-state index in [0.717, 1.165) is 15.7 Å². The van der Waals surface area contributed by atoms with Crippen molar-refractivity contribution < 1.29 is 4.39 Å². The molecule has 1 N–H and O–H groups in total. The summed E-state index contributed by atoms with van der Waals surface area (Å²) in [5.41, 5.74) is 2.99. The van der Waals surface area contributed by atoms with Crippen molar-refractivity contribution >= 4 is 21.6 Å². The highest BCUT2D eigenvalue weighted by Crippen LogP contribution is 2.27. The van der Waals surface area contributed by atoms with E-state index in [1.54, 1.807) is 6.20 Å². The third-order valence-electron chi connectivity index (χ3n) is 2.72. The fourth-order valence-corrected chi connectivity index (χ4v) is 2.09. The summed E-state index contributed by atoms with van der Waals surface area (Å²) in [4.78, 5) is 3.86. The van der Waals surface area contributed by atoms with Gasteiger partial charge in [-0.3, -0.25) is 4.98 Å². The average Bonchev–Trinajstić information content (AvgIpc) is 2.34. The lowest BCUT2D eigenvalue weighted by atomic mass is 10.1. The first-order chi connectivity index (χ1) is 8.56. The second kappa shape index (κ2) is 5.48. The van der Waals surface area contributed by atoms with Gasteiger partial charge in [-0.1, -0.05) is 6.07 Å². The number of hydrogen-bond donors (Lipinski definition) is 1. The van der Waals surface area contributed by atoms with Gasteiger partial charge in [0, 0.05) is 16.4 Å². The van der Waals surface area contributed by atoms with Gasteiger partial charge in [0.1, 0.15) is 5.82 Å². The van der Waals surface area contributed by atoms with E-state index in [4.69, 9.17) is 0 Å². The van der Waals surface area contributed by atoms with E-state index in [9.17, 15) is 4.39 Å². The van der Waals surface area contributed by atoms with Crippen LogP contribution in [0.15, 0.2) is 41.1 Å². The third-order valence-corrected chi connectivity index (χ3v) is 3.41. The molecule has 0 saturated heterocycles. The van der Waals surface area contributed by atoms with Crippen molar-refractivity contribution in [2.24, 2.45) is 0 Å². The topological polar surface area (TPSA) is 24.9 Å². The van der Waals surface area contributed by atoms with E-state index in [0.29, 0.717) is 0 Å². The molecule has 1 heterocycles. The molecule has 0 spiro atoms. The molecule has 0 aliphatic rings. The Kier molecular flexibility index (Phi) is 3.97. The number of halogens is 2. The number of aromatic nitrogens is 1. The molecule has 0 radical (unpaired) electrons. The van der Waals surface area contributed by atoms with Crippen molar-refractivity contribution in [3.05, 3.63) is 58.1 Å². The lowest BCUT2D eigenvalue weighted by Gasteiger charge is -2.17. The maximum atomic E-state index is 13.1. The van der Waals surface area contributed by atoms with Crippen LogP contribution in [0.25, 0.3) is 0 Å². The Morgan fingerprint density at radius 2 is 2.06 bits per heavy atom. The van der Waals surface area contributed by atoms with Gasteiger partial charge >= 0.3 is 0 Å². The van der Waals surface area contributed by atoms with Gasteiger partial charge in [-0.25, -0.2) is 4.39 Å². The minimum atomic E-state index is -0.315. The van der Waals surface area contributed by atoms with Crippen LogP contribution in [0.2, 0.25) is 0 Å². The second-order valence-corrected chi connectivity index (χ2v) is 5.14. The Morgan fingerprint density at radius 1 is 1.28 bits per heavy atom. The molecule has 1 atom stereocenters. The van der Waals surface area contributed by atoms with Gasteiger partial charge in [0.25, 0.3) is 0 Å². The quantitative estimate of drug-likeness (QED) is 0.905. The van der Waals surface area contributed by atoms with Crippen LogP contribution >= 0.6 is 15.9 Å². The Labute approximate surface area is 114 Å². The van der Waals surface area contributed by atoms with E-state index >= 15 is 0 Å². The molecule has 0 saturated carbocycles. The maximum Gasteiger partial charge on any atom is 0.141 e. The van der Waals surface area contributed by atoms with E-state index in [1.807, 2.05) is 32.0 Å². The zero-order valence-corrected chi connectivity index (χ0v) is 11.8. The van der Waals surface area contributed by atoms with E-state index in [2.05, 4.69) is 26.2 Å². The molecule has 0 aliphatic heterocycles. The van der Waals surface area contributed by atoms with Gasteiger partial charge in [0.2, 0.25) is 0 Å². The molecule has 0 fully saturated rings. The van der Waals surface area contributed by atoms with E-state index < -0.39 is 0 Å². The molecule has 4 heteroatoms. The predicted octanol–water partition coefficient (Wildman–Crippen LogP) is 4.46. The Morgan fingerprint density at radius 3 is 2.78 bits per heavy atom. The van der Waals surface area contributed by atoms with Gasteiger partial charge in [-0.05, 0) is 59.1 Å². The molecule has 94 valence electrons. The van der Waals surface area contributed by atoms with Crippen LogP contribution in [0.3, 0.4) is 0 Å². The smallest absolute Gasteiger partial charge is 0.141 e. The maximum absolute atomic E-state index is 13.1. The van der Waals surface area contributed by atoms with Crippen LogP contribution in [0, 0.1) is 12.7 Å². The number of nitrogens with one attached hydrogen (secondary N) is 1. The summed E-state index contributed by atoms with van der Waals surface area (Å²) >= 11 is 3.49. The second-order valence-electron chi connectivity index (χ2n) is 4.29. The molecule has 2 rings (SSSR count). The summed E-state index contributed by atoms with van der Waals surface area (Å²) < 4.78 is 14.1. The monoisotopic (exact) mass is 308 g/mol. The highest BCUT2D eigenvalue weighted by molar-refractivity contribution is 9.10. The van der Waals surface area contributed by atoms with Crippen molar-refractivity contribution in [2.45, 2.75) is 19.9 Å². The summed E-state index contributed by atoms with van der Waals surface area (Å²) in [6.45, 7) is 4.01. The average molecular weight is 309 g/mol. The molecule has 1 aromatic heterocycles. The number of benzene rings is 1. The molecular formula is C14H14BrFN2. The van der Waals surface area contributed by atoms with Gasteiger partial charge < -0.3 is 5.32 Å². The van der Waals surface area contributed by atoms with E-state index in [1.165, 1.54) is 17.8 Å². The van der Waals surface area contributed by atoms with Crippen LogP contribution in [-0.4, -0.2) is 4.98 Å². The number of aryl methyl sites for hydroxylation is 1. The van der Waals surface area contributed by atoms with Gasteiger partial charge in [0.15, 0.2) is 0 Å². The molecule has 1 unspecified atom stereocenters. The minimum absolute atomic E-state index is 0.00806. The molecule has 2 aromatic rings. The molecule has 0 bridgehead atoms. The normalized spacial score (nSPS) is 12.2. The highest BCUT2D eigenvalue weighted by atomic mass is 79.9. The summed E-state index contributed by atoms with van der Waals surface area (Å²) in [5, 5.41) is 3.34. The SMILES string of the molecule is Cc1ccc(Br)c(NC(C)c2cncc(F)c2)c1. The molecule has 1 aromatic carbocycles. The van der Waals surface area contributed by atoms with E-state index in [-0.39, 0.29) is 11.9 Å². The van der Waals surface area contributed by atoms with Crippen LogP contribution in [0.1, 0.15) is 24.1 Å². The molecule has 18 heavy (non-hydrogen) atoms. The lowest BCUT2D eigenvalue weighted by Crippen LogP contribution is -2.08. The summed E-state index contributed by atoms with van der Waals surface area (Å²) in [7, 11) is 0. The van der Waals surface area contributed by atoms with Crippen molar-refractivity contribution in [1.29, 1.82) is 0 Å².